The maximum Gasteiger partial charge on any atom is 0.573 e. The van der Waals surface area contributed by atoms with Crippen LogP contribution in [0.1, 0.15) is 40.6 Å². The van der Waals surface area contributed by atoms with Crippen LogP contribution in [0.3, 0.4) is 0 Å². The third-order valence-corrected chi connectivity index (χ3v) is 5.56. The fourth-order valence-electron chi connectivity index (χ4n) is 3.88. The molecule has 11 heteroatoms. The van der Waals surface area contributed by atoms with E-state index in [4.69, 9.17) is 0 Å². The van der Waals surface area contributed by atoms with Crippen LogP contribution in [-0.2, 0) is 11.0 Å². The molecule has 0 saturated heterocycles. The summed E-state index contributed by atoms with van der Waals surface area (Å²) in [4.78, 5) is 12.4. The Morgan fingerprint density at radius 1 is 0.838 bits per heavy atom. The van der Waals surface area contributed by atoms with Crippen LogP contribution in [0.25, 0.3) is 0 Å². The quantitative estimate of drug-likeness (QED) is 0.296. The molecule has 3 aromatic carbocycles. The molecule has 0 bridgehead atoms. The highest BCUT2D eigenvalue weighted by Gasteiger charge is 2.32. The highest BCUT2D eigenvalue weighted by atomic mass is 35.5. The lowest BCUT2D eigenvalue weighted by atomic mass is 9.87. The Morgan fingerprint density at radius 2 is 1.46 bits per heavy atom. The van der Waals surface area contributed by atoms with Gasteiger partial charge in [0, 0.05) is 13.0 Å². The minimum Gasteiger partial charge on any atom is -0.406 e. The van der Waals surface area contributed by atoms with Crippen molar-refractivity contribution in [3.8, 4) is 5.75 Å². The van der Waals surface area contributed by atoms with Gasteiger partial charge in [-0.05, 0) is 53.9 Å². The van der Waals surface area contributed by atoms with E-state index in [0.717, 1.165) is 18.2 Å². The second-order valence-corrected chi connectivity index (χ2v) is 7.99. The average Bonchev–Trinajstić information content (AvgIpc) is 2.83. The predicted molar refractivity (Wildman–Crippen MR) is 130 cm³/mol. The third-order valence-electron chi connectivity index (χ3n) is 5.56. The topological polar surface area (TPSA) is 50.4 Å². The number of amides is 1. The number of ether oxygens (including phenoxy) is 1. The first kappa shape index (κ1) is 30.0. The van der Waals surface area contributed by atoms with Gasteiger partial charge in [-0.3, -0.25) is 4.79 Å². The molecule has 0 aliphatic heterocycles. The van der Waals surface area contributed by atoms with Crippen LogP contribution in [0.4, 0.5) is 26.3 Å². The minimum absolute atomic E-state index is 0. The van der Waals surface area contributed by atoms with E-state index in [0.29, 0.717) is 16.7 Å². The van der Waals surface area contributed by atoms with Gasteiger partial charge in [-0.15, -0.1) is 25.6 Å². The van der Waals surface area contributed by atoms with Gasteiger partial charge < -0.3 is 15.4 Å². The van der Waals surface area contributed by atoms with Crippen LogP contribution in [0, 0.1) is 0 Å². The van der Waals surface area contributed by atoms with Crippen LogP contribution < -0.4 is 15.4 Å². The van der Waals surface area contributed by atoms with Gasteiger partial charge in [0.1, 0.15) is 11.8 Å². The van der Waals surface area contributed by atoms with Gasteiger partial charge in [-0.25, -0.2) is 0 Å². The number of carbonyl (C=O) groups is 1. The molecule has 0 saturated carbocycles. The highest BCUT2D eigenvalue weighted by molar-refractivity contribution is 5.85. The van der Waals surface area contributed by atoms with E-state index in [2.05, 4.69) is 15.4 Å². The van der Waals surface area contributed by atoms with Crippen molar-refractivity contribution in [3.05, 3.63) is 101 Å². The lowest BCUT2D eigenvalue weighted by Crippen LogP contribution is -2.36. The number of nitrogens with one attached hydrogen (secondary N) is 2. The first-order valence-electron chi connectivity index (χ1n) is 11.0. The van der Waals surface area contributed by atoms with Crippen LogP contribution in [0.5, 0.6) is 5.75 Å². The number of alkyl halides is 6. The summed E-state index contributed by atoms with van der Waals surface area (Å²) < 4.78 is 81.4. The first-order valence-corrected chi connectivity index (χ1v) is 11.0. The summed E-state index contributed by atoms with van der Waals surface area (Å²) >= 11 is 0. The van der Waals surface area contributed by atoms with Gasteiger partial charge in [0.05, 0.1) is 5.56 Å². The Bertz CT molecular complexity index is 1140. The monoisotopic (exact) mass is 546 g/mol. The molecule has 0 heterocycles. The fraction of sp³-hybridized carbons (Fsp3) is 0.269. The first-order chi connectivity index (χ1) is 17.0. The summed E-state index contributed by atoms with van der Waals surface area (Å²) in [6.45, 7) is 0.239. The van der Waals surface area contributed by atoms with Gasteiger partial charge in [0.2, 0.25) is 5.91 Å². The van der Waals surface area contributed by atoms with Crippen LogP contribution in [0.2, 0.25) is 0 Å². The zero-order valence-electron chi connectivity index (χ0n) is 19.6. The second-order valence-electron chi connectivity index (χ2n) is 7.99. The Balaban J connectivity index is 0.00000481. The molecule has 2 N–H and O–H groups in total. The molecule has 0 aliphatic carbocycles. The highest BCUT2D eigenvalue weighted by Crippen LogP contribution is 2.35. The Labute approximate surface area is 216 Å². The molecule has 0 unspecified atom stereocenters. The molecule has 200 valence electrons. The Kier molecular flexibility index (Phi) is 10.4. The van der Waals surface area contributed by atoms with Crippen molar-refractivity contribution in [1.82, 2.24) is 10.6 Å². The molecule has 0 spiro atoms. The molecular weight excluding hydrogens is 522 g/mol. The number of benzene rings is 3. The van der Waals surface area contributed by atoms with Gasteiger partial charge in [0.25, 0.3) is 0 Å². The minimum atomic E-state index is -4.89. The van der Waals surface area contributed by atoms with Crippen molar-refractivity contribution in [1.29, 1.82) is 0 Å². The van der Waals surface area contributed by atoms with E-state index in [-0.39, 0.29) is 31.3 Å². The van der Waals surface area contributed by atoms with Crippen LogP contribution >= 0.6 is 12.4 Å². The Morgan fingerprint density at radius 3 is 2.03 bits per heavy atom. The standard InChI is InChI=1S/C26H24F6N2O2.ClH/c1-33-24(35)23(18-6-3-2-4-7-18)34-15-14-22(17-10-12-20(13-11-17)25(27,28)29)19-8-5-9-21(16-19)36-26(30,31)32;/h2-13,16,22-23,34H,14-15H2,1H3,(H,33,35);1H/t22-,23+;/m0./s1. The van der Waals surface area contributed by atoms with E-state index in [1.54, 1.807) is 36.4 Å². The maximum atomic E-state index is 13.0. The SMILES string of the molecule is CNC(=O)[C@H](NCC[C@@H](c1ccc(C(F)(F)F)cc1)c1cccc(OC(F)(F)F)c1)c1ccccc1.Cl. The van der Waals surface area contributed by atoms with Gasteiger partial charge >= 0.3 is 12.5 Å². The summed E-state index contributed by atoms with van der Waals surface area (Å²) in [5.74, 6) is -1.29. The molecule has 1 amide bonds. The number of rotatable bonds is 9. The molecule has 0 aromatic heterocycles. The lowest BCUT2D eigenvalue weighted by Gasteiger charge is -2.23. The lowest BCUT2D eigenvalue weighted by molar-refractivity contribution is -0.274. The summed E-state index contributed by atoms with van der Waals surface area (Å²) in [6, 6.07) is 18.0. The number of carbonyl (C=O) groups excluding carboxylic acids is 1. The van der Waals surface area contributed by atoms with E-state index in [1.807, 2.05) is 0 Å². The van der Waals surface area contributed by atoms with Crippen molar-refractivity contribution in [3.63, 3.8) is 0 Å². The van der Waals surface area contributed by atoms with E-state index >= 15 is 0 Å². The average molecular weight is 547 g/mol. The molecule has 3 aromatic rings. The zero-order valence-corrected chi connectivity index (χ0v) is 20.4. The molecule has 0 fully saturated rings. The van der Waals surface area contributed by atoms with E-state index in [9.17, 15) is 31.1 Å². The molecule has 0 radical (unpaired) electrons. The van der Waals surface area contributed by atoms with Crippen molar-refractivity contribution >= 4 is 18.3 Å². The third kappa shape index (κ3) is 8.68. The van der Waals surface area contributed by atoms with Crippen molar-refractivity contribution in [2.45, 2.75) is 30.9 Å². The largest absolute Gasteiger partial charge is 0.573 e. The molecular formula is C26H25ClF6N2O2. The van der Waals surface area contributed by atoms with Crippen molar-refractivity contribution in [2.24, 2.45) is 0 Å². The maximum absolute atomic E-state index is 13.0. The van der Waals surface area contributed by atoms with Crippen molar-refractivity contribution < 1.29 is 35.9 Å². The number of hydrogen-bond acceptors (Lipinski definition) is 3. The molecule has 3 rings (SSSR count). The summed E-state index contributed by atoms with van der Waals surface area (Å²) in [5.41, 5.74) is 0.782. The van der Waals surface area contributed by atoms with E-state index < -0.39 is 35.8 Å². The molecule has 4 nitrogen and oxygen atoms in total. The number of halogens is 7. The molecule has 2 atom stereocenters. The van der Waals surface area contributed by atoms with Crippen LogP contribution in [-0.4, -0.2) is 25.9 Å². The smallest absolute Gasteiger partial charge is 0.406 e. The number of hydrogen-bond donors (Lipinski definition) is 2. The molecule has 0 aliphatic rings. The van der Waals surface area contributed by atoms with Gasteiger partial charge in [-0.1, -0.05) is 54.6 Å². The van der Waals surface area contributed by atoms with E-state index in [1.165, 1.54) is 31.3 Å². The van der Waals surface area contributed by atoms with Gasteiger partial charge in [0.15, 0.2) is 0 Å². The number of likely N-dealkylation sites (N-methyl/N-ethyl adjacent to an activating group) is 1. The zero-order chi connectivity index (χ0) is 26.3. The van der Waals surface area contributed by atoms with Crippen molar-refractivity contribution in [2.75, 3.05) is 13.6 Å². The fourth-order valence-corrected chi connectivity index (χ4v) is 3.88. The van der Waals surface area contributed by atoms with Gasteiger partial charge in [-0.2, -0.15) is 13.2 Å². The van der Waals surface area contributed by atoms with Crippen LogP contribution in [0.15, 0.2) is 78.9 Å². The molecule has 37 heavy (non-hydrogen) atoms. The Hall–Kier alpha value is -3.24. The second kappa shape index (κ2) is 12.8. The summed E-state index contributed by atoms with van der Waals surface area (Å²) in [5, 5.41) is 5.73. The predicted octanol–water partition coefficient (Wildman–Crippen LogP) is 6.62. The summed E-state index contributed by atoms with van der Waals surface area (Å²) in [6.07, 6.45) is -9.13. The summed E-state index contributed by atoms with van der Waals surface area (Å²) in [7, 11) is 1.50. The normalized spacial score (nSPS) is 13.3.